The van der Waals surface area contributed by atoms with Gasteiger partial charge >= 0.3 is 6.18 Å². The molecule has 0 aliphatic rings. The standard InChI is InChI=1S/C18H10ClF4N5O4S/c1-32-10-3-4-11(19)14(7-10)33(30,31)26-17(29)15-16(18(21,22)23)28(27-25-15)13-5-2-9(8-24)6-12(13)20/h2-7H,1H3,(H,26,29). The highest BCUT2D eigenvalue weighted by molar-refractivity contribution is 7.90. The van der Waals surface area contributed by atoms with Crippen LogP contribution < -0.4 is 9.46 Å². The zero-order chi connectivity index (χ0) is 24.6. The van der Waals surface area contributed by atoms with Crippen molar-refractivity contribution in [3.63, 3.8) is 0 Å². The van der Waals surface area contributed by atoms with Crippen LogP contribution in [0.15, 0.2) is 41.3 Å². The average molecular weight is 504 g/mol. The van der Waals surface area contributed by atoms with Crippen molar-refractivity contribution < 1.29 is 35.5 Å². The lowest BCUT2D eigenvalue weighted by Gasteiger charge is -2.12. The van der Waals surface area contributed by atoms with Crippen LogP contribution in [0.25, 0.3) is 5.69 Å². The van der Waals surface area contributed by atoms with Crippen LogP contribution in [-0.4, -0.2) is 36.4 Å². The number of nitrogens with zero attached hydrogens (tertiary/aromatic N) is 4. The van der Waals surface area contributed by atoms with Gasteiger partial charge in [-0.1, -0.05) is 16.8 Å². The highest BCUT2D eigenvalue weighted by atomic mass is 35.5. The van der Waals surface area contributed by atoms with Gasteiger partial charge in [0.1, 0.15) is 22.1 Å². The number of hydrogen-bond acceptors (Lipinski definition) is 7. The van der Waals surface area contributed by atoms with Crippen LogP contribution in [0, 0.1) is 17.1 Å². The summed E-state index contributed by atoms with van der Waals surface area (Å²) in [5.41, 5.74) is -4.22. The number of ether oxygens (including phenoxy) is 1. The zero-order valence-electron chi connectivity index (χ0n) is 16.2. The molecule has 2 aromatic carbocycles. The highest BCUT2D eigenvalue weighted by Gasteiger charge is 2.43. The third-order valence-corrected chi connectivity index (χ3v) is 5.93. The minimum atomic E-state index is -5.30. The summed E-state index contributed by atoms with van der Waals surface area (Å²) in [6.07, 6.45) is -5.30. The van der Waals surface area contributed by atoms with E-state index < -0.39 is 49.9 Å². The van der Waals surface area contributed by atoms with Gasteiger partial charge in [-0.05, 0) is 30.3 Å². The van der Waals surface area contributed by atoms with Crippen molar-refractivity contribution in [2.75, 3.05) is 7.11 Å². The maximum atomic E-state index is 14.3. The Kier molecular flexibility index (Phi) is 6.30. The fraction of sp³-hybridized carbons (Fsp3) is 0.111. The van der Waals surface area contributed by atoms with Crippen molar-refractivity contribution in [2.24, 2.45) is 0 Å². The highest BCUT2D eigenvalue weighted by Crippen LogP contribution is 2.34. The van der Waals surface area contributed by atoms with Crippen LogP contribution in [0.3, 0.4) is 0 Å². The molecule has 1 aromatic heterocycles. The smallest absolute Gasteiger partial charge is 0.435 e. The fourth-order valence-electron chi connectivity index (χ4n) is 2.65. The minimum Gasteiger partial charge on any atom is -0.497 e. The molecule has 1 heterocycles. The molecule has 3 aromatic rings. The number of alkyl halides is 3. The van der Waals surface area contributed by atoms with Crippen molar-refractivity contribution in [3.8, 4) is 17.5 Å². The second-order valence-corrected chi connectivity index (χ2v) is 8.26. The molecule has 0 saturated heterocycles. The van der Waals surface area contributed by atoms with E-state index >= 15 is 0 Å². The van der Waals surface area contributed by atoms with E-state index in [0.717, 1.165) is 24.3 Å². The predicted molar refractivity (Wildman–Crippen MR) is 104 cm³/mol. The Labute approximate surface area is 188 Å². The number of carbonyl (C=O) groups is 1. The SMILES string of the molecule is COc1ccc(Cl)c(S(=O)(=O)NC(=O)c2nnn(-c3ccc(C#N)cc3F)c2C(F)(F)F)c1. The number of methoxy groups -OCH3 is 1. The Balaban J connectivity index is 2.07. The summed E-state index contributed by atoms with van der Waals surface area (Å²) < 4.78 is 86.9. The van der Waals surface area contributed by atoms with E-state index in [1.165, 1.54) is 17.9 Å². The molecule has 9 nitrogen and oxygen atoms in total. The Morgan fingerprint density at radius 3 is 2.52 bits per heavy atom. The predicted octanol–water partition coefficient (Wildman–Crippen LogP) is 3.08. The topological polar surface area (TPSA) is 127 Å². The number of hydrogen-bond donors (Lipinski definition) is 1. The first kappa shape index (κ1) is 24.0. The number of sulfonamides is 1. The van der Waals surface area contributed by atoms with E-state index in [-0.39, 0.29) is 21.0 Å². The first-order valence-corrected chi connectivity index (χ1v) is 10.4. The van der Waals surface area contributed by atoms with E-state index in [4.69, 9.17) is 21.6 Å². The molecule has 0 fully saturated rings. The van der Waals surface area contributed by atoms with Crippen molar-refractivity contribution in [2.45, 2.75) is 11.1 Å². The molecule has 0 unspecified atom stereocenters. The van der Waals surface area contributed by atoms with E-state index in [9.17, 15) is 30.8 Å². The second-order valence-electron chi connectivity index (χ2n) is 6.21. The monoisotopic (exact) mass is 503 g/mol. The second kappa shape index (κ2) is 8.68. The number of amides is 1. The number of benzene rings is 2. The largest absolute Gasteiger partial charge is 0.497 e. The summed E-state index contributed by atoms with van der Waals surface area (Å²) >= 11 is 5.83. The number of nitriles is 1. The number of nitrogens with one attached hydrogen (secondary N) is 1. The first-order chi connectivity index (χ1) is 15.4. The van der Waals surface area contributed by atoms with Gasteiger partial charge in [0, 0.05) is 6.07 Å². The molecule has 15 heteroatoms. The van der Waals surface area contributed by atoms with Crippen molar-refractivity contribution in [1.82, 2.24) is 19.7 Å². The van der Waals surface area contributed by atoms with Crippen molar-refractivity contribution >= 4 is 27.5 Å². The summed E-state index contributed by atoms with van der Waals surface area (Å²) in [5, 5.41) is 14.7. The van der Waals surface area contributed by atoms with Crippen LogP contribution in [0.5, 0.6) is 5.75 Å². The van der Waals surface area contributed by atoms with Gasteiger partial charge in [0.15, 0.2) is 11.4 Å². The zero-order valence-corrected chi connectivity index (χ0v) is 17.8. The molecule has 3 rings (SSSR count). The van der Waals surface area contributed by atoms with Gasteiger partial charge < -0.3 is 4.74 Å². The lowest BCUT2D eigenvalue weighted by molar-refractivity contribution is -0.143. The molecule has 0 aliphatic carbocycles. The van der Waals surface area contributed by atoms with Crippen molar-refractivity contribution in [3.05, 3.63) is 64.2 Å². The van der Waals surface area contributed by atoms with Gasteiger partial charge in [0.25, 0.3) is 15.9 Å². The molecular weight excluding hydrogens is 494 g/mol. The van der Waals surface area contributed by atoms with E-state index in [2.05, 4.69) is 10.3 Å². The van der Waals surface area contributed by atoms with Gasteiger partial charge in [-0.25, -0.2) is 22.2 Å². The quantitative estimate of drug-likeness (QED) is 0.530. The van der Waals surface area contributed by atoms with Gasteiger partial charge in [0.2, 0.25) is 0 Å². The average Bonchev–Trinajstić information content (AvgIpc) is 3.19. The van der Waals surface area contributed by atoms with Crippen LogP contribution >= 0.6 is 11.6 Å². The Morgan fingerprint density at radius 2 is 1.94 bits per heavy atom. The molecular formula is C18H10ClF4N5O4S. The van der Waals surface area contributed by atoms with Crippen LogP contribution in [0.2, 0.25) is 5.02 Å². The normalized spacial score (nSPS) is 11.7. The van der Waals surface area contributed by atoms with Crippen molar-refractivity contribution in [1.29, 1.82) is 5.26 Å². The van der Waals surface area contributed by atoms with Crippen LogP contribution in [0.4, 0.5) is 17.6 Å². The maximum Gasteiger partial charge on any atom is 0.435 e. The summed E-state index contributed by atoms with van der Waals surface area (Å²) in [7, 11) is -3.54. The lowest BCUT2D eigenvalue weighted by atomic mass is 10.2. The summed E-state index contributed by atoms with van der Waals surface area (Å²) in [4.78, 5) is 11.8. The number of aromatic nitrogens is 3. The molecule has 0 radical (unpaired) electrons. The molecule has 0 bridgehead atoms. The van der Waals surface area contributed by atoms with Gasteiger partial charge in [-0.3, -0.25) is 4.79 Å². The van der Waals surface area contributed by atoms with Gasteiger partial charge in [0.05, 0.1) is 23.8 Å². The molecule has 0 atom stereocenters. The third-order valence-electron chi connectivity index (χ3n) is 4.11. The van der Waals surface area contributed by atoms with E-state index in [1.807, 2.05) is 0 Å². The first-order valence-electron chi connectivity index (χ1n) is 8.52. The third kappa shape index (κ3) is 4.73. The summed E-state index contributed by atoms with van der Waals surface area (Å²) in [6, 6.07) is 7.53. The Bertz CT molecular complexity index is 1400. The molecule has 0 saturated carbocycles. The number of rotatable bonds is 5. The lowest BCUT2D eigenvalue weighted by Crippen LogP contribution is -2.33. The van der Waals surface area contributed by atoms with Crippen LogP contribution in [-0.2, 0) is 16.2 Å². The molecule has 0 spiro atoms. The Hall–Kier alpha value is -3.70. The molecule has 1 amide bonds. The van der Waals surface area contributed by atoms with Crippen LogP contribution in [0.1, 0.15) is 21.7 Å². The molecule has 33 heavy (non-hydrogen) atoms. The summed E-state index contributed by atoms with van der Waals surface area (Å²) in [6.45, 7) is 0. The minimum absolute atomic E-state index is 0.0173. The maximum absolute atomic E-state index is 14.3. The molecule has 1 N–H and O–H groups in total. The molecule has 172 valence electrons. The fourth-order valence-corrected chi connectivity index (χ4v) is 4.12. The number of carbonyl (C=O) groups excluding carboxylic acids is 1. The number of halogens is 5. The Morgan fingerprint density at radius 1 is 1.24 bits per heavy atom. The summed E-state index contributed by atoms with van der Waals surface area (Å²) in [5.74, 6) is -3.00. The molecule has 0 aliphatic heterocycles. The van der Waals surface area contributed by atoms with Gasteiger partial charge in [-0.15, -0.1) is 5.10 Å². The van der Waals surface area contributed by atoms with E-state index in [0.29, 0.717) is 6.07 Å². The van der Waals surface area contributed by atoms with Gasteiger partial charge in [-0.2, -0.15) is 18.4 Å². The van der Waals surface area contributed by atoms with E-state index in [1.54, 1.807) is 6.07 Å².